The fourth-order valence-corrected chi connectivity index (χ4v) is 3.28. The van der Waals surface area contributed by atoms with Crippen molar-refractivity contribution in [1.29, 1.82) is 0 Å². The second kappa shape index (κ2) is 9.05. The van der Waals surface area contributed by atoms with Crippen molar-refractivity contribution in [3.05, 3.63) is 35.9 Å². The van der Waals surface area contributed by atoms with Gasteiger partial charge in [-0.2, -0.15) is 12.6 Å². The van der Waals surface area contributed by atoms with E-state index < -0.39 is 29.2 Å². The van der Waals surface area contributed by atoms with Gasteiger partial charge < -0.3 is 20.1 Å². The van der Waals surface area contributed by atoms with E-state index in [1.165, 1.54) is 12.0 Å². The van der Waals surface area contributed by atoms with Crippen molar-refractivity contribution < 1.29 is 24.2 Å². The lowest BCUT2D eigenvalue weighted by atomic mass is 10.1. The van der Waals surface area contributed by atoms with Gasteiger partial charge in [0.15, 0.2) is 0 Å². The lowest BCUT2D eigenvalue weighted by Gasteiger charge is -2.26. The molecule has 1 fully saturated rings. The van der Waals surface area contributed by atoms with Gasteiger partial charge in [-0.3, -0.25) is 9.59 Å². The molecule has 2 amide bonds. The van der Waals surface area contributed by atoms with Gasteiger partial charge in [-0.15, -0.1) is 0 Å². The molecule has 2 unspecified atom stereocenters. The molecule has 0 aromatic heterocycles. The zero-order chi connectivity index (χ0) is 19.3. The highest BCUT2D eigenvalue weighted by molar-refractivity contribution is 7.81. The topological polar surface area (TPSA) is 95.9 Å². The minimum Gasteiger partial charge on any atom is -0.480 e. The molecular weight excluding hydrogens is 356 g/mol. The van der Waals surface area contributed by atoms with Crippen molar-refractivity contribution in [2.24, 2.45) is 0 Å². The number of ether oxygens (including phenoxy) is 1. The van der Waals surface area contributed by atoms with Crippen LogP contribution in [-0.4, -0.2) is 64.9 Å². The van der Waals surface area contributed by atoms with Crippen molar-refractivity contribution in [3.63, 3.8) is 0 Å². The lowest BCUT2D eigenvalue weighted by Crippen LogP contribution is -2.52. The lowest BCUT2D eigenvalue weighted by molar-refractivity contribution is -0.149. The number of amides is 2. The Bertz CT molecular complexity index is 654. The van der Waals surface area contributed by atoms with Crippen LogP contribution in [0.1, 0.15) is 18.9 Å². The first-order chi connectivity index (χ1) is 12.3. The first-order valence-electron chi connectivity index (χ1n) is 8.42. The molecule has 2 rings (SSSR count). The van der Waals surface area contributed by atoms with Crippen LogP contribution in [-0.2, 0) is 25.5 Å². The highest BCUT2D eigenvalue weighted by atomic mass is 32.1. The molecular formula is C18H24N2O5S. The Hall–Kier alpha value is -2.06. The second-order valence-corrected chi connectivity index (χ2v) is 7.00. The number of carboxylic acids is 1. The minimum atomic E-state index is -1.08. The van der Waals surface area contributed by atoms with Gasteiger partial charge in [-0.05, 0) is 18.9 Å². The number of aliphatic carboxylic acids is 1. The maximum absolute atomic E-state index is 12.6. The maximum Gasteiger partial charge on any atom is 0.326 e. The summed E-state index contributed by atoms with van der Waals surface area (Å²) in [5, 5.41) is 11.3. The average molecular weight is 380 g/mol. The predicted molar refractivity (Wildman–Crippen MR) is 99.1 cm³/mol. The number of rotatable bonds is 7. The zero-order valence-corrected chi connectivity index (χ0v) is 15.7. The van der Waals surface area contributed by atoms with E-state index >= 15 is 0 Å². The molecule has 4 atom stereocenters. The zero-order valence-electron chi connectivity index (χ0n) is 14.8. The number of likely N-dealkylation sites (tertiary alicyclic amines) is 1. The maximum atomic E-state index is 12.6. The summed E-state index contributed by atoms with van der Waals surface area (Å²) >= 11 is 4.32. The van der Waals surface area contributed by atoms with Gasteiger partial charge in [0.05, 0.1) is 11.4 Å². The van der Waals surface area contributed by atoms with Crippen LogP contribution < -0.4 is 5.32 Å². The van der Waals surface area contributed by atoms with E-state index in [9.17, 15) is 19.5 Å². The Morgan fingerprint density at radius 1 is 1.35 bits per heavy atom. The molecule has 142 valence electrons. The standard InChI is InChI=1S/C18H24N2O5S/c1-11(17(22)20-10-13(25-2)9-14(20)18(23)24)19-16(21)15(26)8-12-6-4-3-5-7-12/h3-7,11,13-15,26H,8-10H2,1-2H3,(H,19,21)(H,23,24)/t11-,13?,14-,15?/m0/s1. The fourth-order valence-electron chi connectivity index (χ4n) is 3.00. The Kier molecular flexibility index (Phi) is 7.05. The minimum absolute atomic E-state index is 0.195. The van der Waals surface area contributed by atoms with E-state index in [-0.39, 0.29) is 25.0 Å². The second-order valence-electron chi connectivity index (χ2n) is 6.37. The number of benzene rings is 1. The summed E-state index contributed by atoms with van der Waals surface area (Å²) in [6.07, 6.45) is 0.351. The van der Waals surface area contributed by atoms with E-state index in [4.69, 9.17) is 4.74 Å². The van der Waals surface area contributed by atoms with Gasteiger partial charge in [0.25, 0.3) is 0 Å². The van der Waals surface area contributed by atoms with E-state index in [1.807, 2.05) is 30.3 Å². The van der Waals surface area contributed by atoms with Crippen LogP contribution in [0.4, 0.5) is 0 Å². The van der Waals surface area contributed by atoms with Crippen LogP contribution >= 0.6 is 12.6 Å². The number of nitrogens with one attached hydrogen (secondary N) is 1. The summed E-state index contributed by atoms with van der Waals surface area (Å²) < 4.78 is 5.18. The Balaban J connectivity index is 1.95. The molecule has 0 spiro atoms. The van der Waals surface area contributed by atoms with Gasteiger partial charge in [0, 0.05) is 20.1 Å². The molecule has 1 heterocycles. The Labute approximate surface area is 158 Å². The Morgan fingerprint density at radius 2 is 2.00 bits per heavy atom. The molecule has 8 heteroatoms. The molecule has 0 saturated carbocycles. The SMILES string of the molecule is COC1C[C@@H](C(=O)O)N(C(=O)[C@H](C)NC(=O)C(S)Cc2ccccc2)C1. The molecule has 1 aromatic rings. The first-order valence-corrected chi connectivity index (χ1v) is 8.93. The number of carboxylic acid groups (broad SMARTS) is 1. The molecule has 0 aliphatic carbocycles. The number of methoxy groups -OCH3 is 1. The van der Waals surface area contributed by atoms with Gasteiger partial charge >= 0.3 is 5.97 Å². The third kappa shape index (κ3) is 4.98. The molecule has 1 aliphatic rings. The monoisotopic (exact) mass is 380 g/mol. The third-order valence-corrected chi connectivity index (χ3v) is 4.88. The smallest absolute Gasteiger partial charge is 0.326 e. The molecule has 7 nitrogen and oxygen atoms in total. The number of hydrogen-bond donors (Lipinski definition) is 3. The fraction of sp³-hybridized carbons (Fsp3) is 0.500. The normalized spacial score (nSPS) is 21.9. The summed E-state index contributed by atoms with van der Waals surface area (Å²) in [6, 6.07) is 7.67. The first kappa shape index (κ1) is 20.3. The van der Waals surface area contributed by atoms with Crippen LogP contribution in [0.5, 0.6) is 0 Å². The van der Waals surface area contributed by atoms with Crippen LogP contribution in [0, 0.1) is 0 Å². The number of nitrogens with zero attached hydrogens (tertiary/aromatic N) is 1. The molecule has 26 heavy (non-hydrogen) atoms. The average Bonchev–Trinajstić information content (AvgIpc) is 3.06. The van der Waals surface area contributed by atoms with Crippen molar-refractivity contribution >= 4 is 30.4 Å². The van der Waals surface area contributed by atoms with E-state index in [2.05, 4.69) is 17.9 Å². The summed E-state index contributed by atoms with van der Waals surface area (Å²) in [7, 11) is 1.48. The van der Waals surface area contributed by atoms with Crippen LogP contribution in [0.25, 0.3) is 0 Å². The highest BCUT2D eigenvalue weighted by Crippen LogP contribution is 2.21. The van der Waals surface area contributed by atoms with Gasteiger partial charge in [-0.1, -0.05) is 30.3 Å². The predicted octanol–water partition coefficient (Wildman–Crippen LogP) is 0.733. The van der Waals surface area contributed by atoms with Crippen LogP contribution in [0.15, 0.2) is 30.3 Å². The molecule has 2 N–H and O–H groups in total. The van der Waals surface area contributed by atoms with Crippen molar-refractivity contribution in [3.8, 4) is 0 Å². The van der Waals surface area contributed by atoms with Crippen molar-refractivity contribution in [2.75, 3.05) is 13.7 Å². The van der Waals surface area contributed by atoms with E-state index in [1.54, 1.807) is 6.92 Å². The Morgan fingerprint density at radius 3 is 2.58 bits per heavy atom. The van der Waals surface area contributed by atoms with Gasteiger partial charge in [-0.25, -0.2) is 4.79 Å². The number of hydrogen-bond acceptors (Lipinski definition) is 5. The summed E-state index contributed by atoms with van der Waals surface area (Å²) in [6.45, 7) is 1.74. The number of carbonyl (C=O) groups excluding carboxylic acids is 2. The third-order valence-electron chi connectivity index (χ3n) is 4.47. The van der Waals surface area contributed by atoms with Gasteiger partial charge in [0.2, 0.25) is 11.8 Å². The summed E-state index contributed by atoms with van der Waals surface area (Å²) in [5.74, 6) is -1.88. The molecule has 1 aromatic carbocycles. The molecule has 0 radical (unpaired) electrons. The quantitative estimate of drug-likeness (QED) is 0.606. The van der Waals surface area contributed by atoms with Gasteiger partial charge in [0.1, 0.15) is 12.1 Å². The molecule has 1 saturated heterocycles. The number of carbonyl (C=O) groups is 3. The summed E-state index contributed by atoms with van der Waals surface area (Å²) in [5.41, 5.74) is 0.968. The summed E-state index contributed by atoms with van der Waals surface area (Å²) in [4.78, 5) is 37.6. The van der Waals surface area contributed by atoms with E-state index in [0.29, 0.717) is 6.42 Å². The largest absolute Gasteiger partial charge is 0.480 e. The van der Waals surface area contributed by atoms with Crippen molar-refractivity contribution in [2.45, 2.75) is 43.2 Å². The van der Waals surface area contributed by atoms with Crippen LogP contribution in [0.2, 0.25) is 0 Å². The van der Waals surface area contributed by atoms with Crippen LogP contribution in [0.3, 0.4) is 0 Å². The molecule has 1 aliphatic heterocycles. The highest BCUT2D eigenvalue weighted by Gasteiger charge is 2.41. The van der Waals surface area contributed by atoms with Crippen molar-refractivity contribution in [1.82, 2.24) is 10.2 Å². The number of thiol groups is 1. The molecule has 0 bridgehead atoms. The van der Waals surface area contributed by atoms with E-state index in [0.717, 1.165) is 5.56 Å².